The van der Waals surface area contributed by atoms with Gasteiger partial charge in [0.2, 0.25) is 0 Å². The Morgan fingerprint density at radius 2 is 2.00 bits per heavy atom. The lowest BCUT2D eigenvalue weighted by atomic mass is 10.1. The van der Waals surface area contributed by atoms with Crippen molar-refractivity contribution >= 4 is 11.5 Å². The summed E-state index contributed by atoms with van der Waals surface area (Å²) in [4.78, 5) is 4.46. The van der Waals surface area contributed by atoms with Crippen LogP contribution < -0.4 is 10.1 Å². The fourth-order valence-corrected chi connectivity index (χ4v) is 2.36. The highest BCUT2D eigenvalue weighted by molar-refractivity contribution is 5.81. The molecule has 0 spiro atoms. The first-order valence-electron chi connectivity index (χ1n) is 7.04. The Balaban J connectivity index is 2.04. The van der Waals surface area contributed by atoms with Gasteiger partial charge in [0.15, 0.2) is 5.65 Å². The van der Waals surface area contributed by atoms with Gasteiger partial charge in [-0.1, -0.05) is 18.2 Å². The van der Waals surface area contributed by atoms with Gasteiger partial charge in [-0.05, 0) is 12.1 Å². The van der Waals surface area contributed by atoms with E-state index >= 15 is 0 Å². The smallest absolute Gasteiger partial charge is 0.165 e. The van der Waals surface area contributed by atoms with Crippen molar-refractivity contribution in [2.45, 2.75) is 0 Å². The summed E-state index contributed by atoms with van der Waals surface area (Å²) in [5, 5.41) is 7.73. The second-order valence-electron chi connectivity index (χ2n) is 4.74. The van der Waals surface area contributed by atoms with Crippen LogP contribution in [0.3, 0.4) is 0 Å². The number of nitrogens with one attached hydrogen (secondary N) is 1. The molecule has 0 radical (unpaired) electrons. The number of hydrogen-bond acceptors (Lipinski definition) is 5. The van der Waals surface area contributed by atoms with Gasteiger partial charge in [-0.15, -0.1) is 0 Å². The van der Waals surface area contributed by atoms with E-state index in [1.54, 1.807) is 24.9 Å². The third-order valence-electron chi connectivity index (χ3n) is 3.41. The normalized spacial score (nSPS) is 10.8. The SMILES string of the molecule is COCCNc1ccnc2c(-c3ccccc3OC)cnn12. The molecule has 3 aromatic rings. The van der Waals surface area contributed by atoms with Crippen LogP contribution in [0.25, 0.3) is 16.8 Å². The summed E-state index contributed by atoms with van der Waals surface area (Å²) in [5.74, 6) is 1.68. The molecule has 1 N–H and O–H groups in total. The zero-order chi connectivity index (χ0) is 15.4. The number of nitrogens with zero attached hydrogens (tertiary/aromatic N) is 3. The summed E-state index contributed by atoms with van der Waals surface area (Å²) < 4.78 is 12.3. The van der Waals surface area contributed by atoms with E-state index in [-0.39, 0.29) is 0 Å². The van der Waals surface area contributed by atoms with E-state index in [1.807, 2.05) is 36.5 Å². The number of ether oxygens (including phenoxy) is 2. The molecule has 1 aromatic carbocycles. The highest BCUT2D eigenvalue weighted by Crippen LogP contribution is 2.32. The van der Waals surface area contributed by atoms with Gasteiger partial charge in [0.05, 0.1) is 25.5 Å². The molecule has 6 nitrogen and oxygen atoms in total. The Labute approximate surface area is 128 Å². The fraction of sp³-hybridized carbons (Fsp3) is 0.250. The standard InChI is InChI=1S/C16H18N4O2/c1-21-10-9-17-15-7-8-18-16-13(11-19-20(15)16)12-5-3-4-6-14(12)22-2/h3-8,11,17H,9-10H2,1-2H3. The van der Waals surface area contributed by atoms with Crippen LogP contribution in [0.4, 0.5) is 5.82 Å². The first-order chi connectivity index (χ1) is 10.8. The molecule has 2 aromatic heterocycles. The van der Waals surface area contributed by atoms with Crippen molar-refractivity contribution in [3.05, 3.63) is 42.7 Å². The number of fused-ring (bicyclic) bond motifs is 1. The summed E-state index contributed by atoms with van der Waals surface area (Å²) in [6.45, 7) is 1.34. The van der Waals surface area contributed by atoms with Crippen LogP contribution in [-0.4, -0.2) is 42.0 Å². The van der Waals surface area contributed by atoms with Crippen molar-refractivity contribution in [1.82, 2.24) is 14.6 Å². The van der Waals surface area contributed by atoms with Crippen LogP contribution >= 0.6 is 0 Å². The predicted molar refractivity (Wildman–Crippen MR) is 85.3 cm³/mol. The van der Waals surface area contributed by atoms with Gasteiger partial charge in [0, 0.05) is 25.4 Å². The maximum Gasteiger partial charge on any atom is 0.165 e. The van der Waals surface area contributed by atoms with Gasteiger partial charge in [0.1, 0.15) is 11.6 Å². The van der Waals surface area contributed by atoms with Crippen molar-refractivity contribution in [2.24, 2.45) is 0 Å². The Morgan fingerprint density at radius 1 is 1.14 bits per heavy atom. The van der Waals surface area contributed by atoms with Crippen molar-refractivity contribution in [2.75, 3.05) is 32.7 Å². The lowest BCUT2D eigenvalue weighted by molar-refractivity contribution is 0.210. The molecule has 0 unspecified atom stereocenters. The highest BCUT2D eigenvalue weighted by atomic mass is 16.5. The van der Waals surface area contributed by atoms with Gasteiger partial charge < -0.3 is 14.8 Å². The Bertz CT molecular complexity index is 770. The maximum atomic E-state index is 5.43. The molecule has 3 rings (SSSR count). The van der Waals surface area contributed by atoms with Crippen LogP contribution in [0.15, 0.2) is 42.7 Å². The molecular weight excluding hydrogens is 280 g/mol. The lowest BCUT2D eigenvalue weighted by Crippen LogP contribution is -2.11. The second-order valence-corrected chi connectivity index (χ2v) is 4.74. The number of aromatic nitrogens is 3. The van der Waals surface area contributed by atoms with E-state index in [0.29, 0.717) is 13.2 Å². The molecule has 0 amide bonds. The number of rotatable bonds is 6. The molecule has 0 aliphatic heterocycles. The summed E-state index contributed by atoms with van der Waals surface area (Å²) in [7, 11) is 3.34. The number of para-hydroxylation sites is 1. The van der Waals surface area contributed by atoms with Crippen LogP contribution in [0, 0.1) is 0 Å². The van der Waals surface area contributed by atoms with E-state index in [0.717, 1.165) is 28.3 Å². The molecule has 0 aliphatic carbocycles. The third-order valence-corrected chi connectivity index (χ3v) is 3.41. The summed E-state index contributed by atoms with van der Waals surface area (Å²) in [5.41, 5.74) is 2.70. The average molecular weight is 298 g/mol. The molecule has 0 saturated heterocycles. The largest absolute Gasteiger partial charge is 0.496 e. The average Bonchev–Trinajstić information content (AvgIpc) is 3.00. The van der Waals surface area contributed by atoms with Crippen molar-refractivity contribution in [1.29, 1.82) is 0 Å². The molecule has 6 heteroatoms. The number of hydrogen-bond donors (Lipinski definition) is 1. The predicted octanol–water partition coefficient (Wildman–Crippen LogP) is 2.46. The molecule has 0 saturated carbocycles. The molecule has 0 fully saturated rings. The number of anilines is 1. The van der Waals surface area contributed by atoms with Gasteiger partial charge in [0.25, 0.3) is 0 Å². The van der Waals surface area contributed by atoms with E-state index in [4.69, 9.17) is 9.47 Å². The Kier molecular flexibility index (Phi) is 4.20. The first-order valence-corrected chi connectivity index (χ1v) is 7.04. The molecular formula is C16H18N4O2. The van der Waals surface area contributed by atoms with Gasteiger partial charge in [-0.25, -0.2) is 4.98 Å². The van der Waals surface area contributed by atoms with E-state index in [9.17, 15) is 0 Å². The minimum absolute atomic E-state index is 0.629. The Morgan fingerprint density at radius 3 is 2.82 bits per heavy atom. The number of methoxy groups -OCH3 is 2. The third kappa shape index (κ3) is 2.60. The van der Waals surface area contributed by atoms with E-state index < -0.39 is 0 Å². The maximum absolute atomic E-state index is 5.43. The van der Waals surface area contributed by atoms with Crippen molar-refractivity contribution in [3.8, 4) is 16.9 Å². The zero-order valence-electron chi connectivity index (χ0n) is 12.6. The fourth-order valence-electron chi connectivity index (χ4n) is 2.36. The second kappa shape index (κ2) is 6.44. The molecule has 0 aliphatic rings. The van der Waals surface area contributed by atoms with Crippen LogP contribution in [0.5, 0.6) is 5.75 Å². The van der Waals surface area contributed by atoms with Gasteiger partial charge in [-0.3, -0.25) is 0 Å². The van der Waals surface area contributed by atoms with Crippen LogP contribution in [-0.2, 0) is 4.74 Å². The topological polar surface area (TPSA) is 60.7 Å². The molecule has 2 heterocycles. The monoisotopic (exact) mass is 298 g/mol. The highest BCUT2D eigenvalue weighted by Gasteiger charge is 2.13. The van der Waals surface area contributed by atoms with Crippen LogP contribution in [0.1, 0.15) is 0 Å². The van der Waals surface area contributed by atoms with Crippen LogP contribution in [0.2, 0.25) is 0 Å². The lowest BCUT2D eigenvalue weighted by Gasteiger charge is -2.08. The minimum atomic E-state index is 0.629. The first kappa shape index (κ1) is 14.3. The van der Waals surface area contributed by atoms with Crippen molar-refractivity contribution < 1.29 is 9.47 Å². The van der Waals surface area contributed by atoms with Gasteiger partial charge in [-0.2, -0.15) is 9.61 Å². The summed E-state index contributed by atoms with van der Waals surface area (Å²) in [6, 6.07) is 9.74. The Hall–Kier alpha value is -2.60. The van der Waals surface area contributed by atoms with Gasteiger partial charge >= 0.3 is 0 Å². The minimum Gasteiger partial charge on any atom is -0.496 e. The quantitative estimate of drug-likeness (QED) is 0.708. The van der Waals surface area contributed by atoms with E-state index in [1.165, 1.54) is 0 Å². The summed E-state index contributed by atoms with van der Waals surface area (Å²) >= 11 is 0. The molecule has 22 heavy (non-hydrogen) atoms. The number of benzene rings is 1. The molecule has 0 atom stereocenters. The van der Waals surface area contributed by atoms with Crippen molar-refractivity contribution in [3.63, 3.8) is 0 Å². The summed E-state index contributed by atoms with van der Waals surface area (Å²) in [6.07, 6.45) is 3.58. The molecule has 114 valence electrons. The zero-order valence-corrected chi connectivity index (χ0v) is 12.6. The molecule has 0 bridgehead atoms. The van der Waals surface area contributed by atoms with E-state index in [2.05, 4.69) is 15.4 Å².